The summed E-state index contributed by atoms with van der Waals surface area (Å²) in [4.78, 5) is 47.2. The number of nitrogens with one attached hydrogen (secondary N) is 1. The van der Waals surface area contributed by atoms with Gasteiger partial charge in [0.25, 0.3) is 5.91 Å². The molecule has 0 saturated carbocycles. The number of carbonyl (C=O) groups excluding carboxylic acids is 3. The minimum Gasteiger partial charge on any atom is -0.444 e. The molecule has 45 heavy (non-hydrogen) atoms. The maximum Gasteiger partial charge on any atom is 0.410 e. The average molecular weight is 620 g/mol. The second-order valence-electron chi connectivity index (χ2n) is 12.4. The molecule has 0 bridgehead atoms. The number of hydrazine groups is 1. The highest BCUT2D eigenvalue weighted by atomic mass is 16.6. The molecule has 2 heterocycles. The molecule has 0 spiro atoms. The SMILES string of the molecule is CCN(CCNC(=O)CN(CC(=O)N(C)N1Cc2ccc(C)cc2C1)c1cc(-c2noc(C)n2)ccc1C)C(=O)OC(C)(C)C. The molecule has 0 radical (unpaired) electrons. The fraction of sp³-hybridized carbons (Fsp3) is 0.485. The molecule has 1 aliphatic heterocycles. The van der Waals surface area contributed by atoms with Crippen molar-refractivity contribution in [3.05, 3.63) is 64.5 Å². The predicted molar refractivity (Wildman–Crippen MR) is 171 cm³/mol. The third kappa shape index (κ3) is 8.81. The Kier molecular flexibility index (Phi) is 10.5. The average Bonchev–Trinajstić information content (AvgIpc) is 3.59. The molecule has 242 valence electrons. The summed E-state index contributed by atoms with van der Waals surface area (Å²) in [6.45, 7) is 15.1. The zero-order valence-corrected chi connectivity index (χ0v) is 27.6. The number of likely N-dealkylation sites (N-methyl/N-ethyl adjacent to an activating group) is 2. The Morgan fingerprint density at radius 2 is 1.76 bits per heavy atom. The van der Waals surface area contributed by atoms with Crippen LogP contribution < -0.4 is 10.2 Å². The Bertz CT molecular complexity index is 1530. The van der Waals surface area contributed by atoms with Crippen LogP contribution in [0, 0.1) is 20.8 Å². The molecule has 0 unspecified atom stereocenters. The third-order valence-electron chi connectivity index (χ3n) is 7.59. The van der Waals surface area contributed by atoms with Crippen LogP contribution in [0.15, 0.2) is 40.9 Å². The number of hydrogen-bond donors (Lipinski definition) is 1. The lowest BCUT2D eigenvalue weighted by Crippen LogP contribution is -2.48. The molecule has 1 aromatic heterocycles. The Morgan fingerprint density at radius 1 is 1.02 bits per heavy atom. The van der Waals surface area contributed by atoms with E-state index in [1.54, 1.807) is 23.9 Å². The van der Waals surface area contributed by atoms with Gasteiger partial charge < -0.3 is 24.4 Å². The van der Waals surface area contributed by atoms with E-state index in [0.29, 0.717) is 49.1 Å². The zero-order chi connectivity index (χ0) is 32.9. The molecule has 0 aliphatic carbocycles. The molecule has 12 nitrogen and oxygen atoms in total. The van der Waals surface area contributed by atoms with Crippen LogP contribution in [-0.4, -0.2) is 88.3 Å². The van der Waals surface area contributed by atoms with Crippen LogP contribution in [-0.2, 0) is 27.4 Å². The molecular weight excluding hydrogens is 574 g/mol. The number of ether oxygens (including phenoxy) is 1. The fourth-order valence-corrected chi connectivity index (χ4v) is 5.14. The number of aryl methyl sites for hydroxylation is 3. The Balaban J connectivity index is 1.49. The van der Waals surface area contributed by atoms with Crippen molar-refractivity contribution >= 4 is 23.6 Å². The van der Waals surface area contributed by atoms with Crippen LogP contribution in [0.3, 0.4) is 0 Å². The summed E-state index contributed by atoms with van der Waals surface area (Å²) in [6, 6.07) is 12.0. The van der Waals surface area contributed by atoms with Crippen molar-refractivity contribution in [2.45, 2.75) is 67.2 Å². The first-order valence-electron chi connectivity index (χ1n) is 15.2. The Hall–Kier alpha value is -4.45. The van der Waals surface area contributed by atoms with Gasteiger partial charge in [0.2, 0.25) is 17.6 Å². The van der Waals surface area contributed by atoms with Crippen LogP contribution >= 0.6 is 0 Å². The standard InChI is InChI=1S/C33H45N7O5/c1-9-38(32(43)44-33(5,6)7)15-14-34-29(41)20-39(28-17-25(13-11-23(28)3)31-35-24(4)45-36-31)21-30(42)37(8)40-18-26-12-10-22(2)16-27(26)19-40/h10-13,16-17H,9,14-15,18-21H2,1-8H3,(H,34,41). The van der Waals surface area contributed by atoms with Crippen molar-refractivity contribution < 1.29 is 23.6 Å². The molecule has 3 aromatic rings. The van der Waals surface area contributed by atoms with E-state index in [4.69, 9.17) is 9.26 Å². The van der Waals surface area contributed by atoms with Gasteiger partial charge >= 0.3 is 6.09 Å². The first kappa shape index (κ1) is 33.4. The molecule has 0 saturated heterocycles. The number of hydrogen-bond acceptors (Lipinski definition) is 9. The van der Waals surface area contributed by atoms with E-state index in [2.05, 4.69) is 40.6 Å². The van der Waals surface area contributed by atoms with Crippen molar-refractivity contribution in [2.24, 2.45) is 0 Å². The van der Waals surface area contributed by atoms with Gasteiger partial charge in [0.05, 0.1) is 13.1 Å². The summed E-state index contributed by atoms with van der Waals surface area (Å²) in [6.07, 6.45) is -0.433. The number of carbonyl (C=O) groups is 3. The van der Waals surface area contributed by atoms with Gasteiger partial charge in [0.1, 0.15) is 5.60 Å². The maximum atomic E-state index is 13.7. The number of fused-ring (bicyclic) bond motifs is 1. The highest BCUT2D eigenvalue weighted by molar-refractivity contribution is 5.87. The van der Waals surface area contributed by atoms with Crippen LogP contribution in [0.5, 0.6) is 0 Å². The lowest BCUT2D eigenvalue weighted by Gasteiger charge is -2.32. The van der Waals surface area contributed by atoms with Gasteiger partial charge in [-0.2, -0.15) is 4.98 Å². The van der Waals surface area contributed by atoms with E-state index in [9.17, 15) is 14.4 Å². The van der Waals surface area contributed by atoms with Gasteiger partial charge in [-0.15, -0.1) is 0 Å². The molecular formula is C33H45N7O5. The molecule has 3 amide bonds. The monoisotopic (exact) mass is 619 g/mol. The van der Waals surface area contributed by atoms with Gasteiger partial charge in [-0.3, -0.25) is 14.6 Å². The molecule has 0 atom stereocenters. The number of aromatic nitrogens is 2. The lowest BCUT2D eigenvalue weighted by atomic mass is 10.1. The van der Waals surface area contributed by atoms with Crippen LogP contribution in [0.4, 0.5) is 10.5 Å². The maximum absolute atomic E-state index is 13.7. The fourth-order valence-electron chi connectivity index (χ4n) is 5.14. The van der Waals surface area contributed by atoms with Gasteiger partial charge in [0.15, 0.2) is 0 Å². The Morgan fingerprint density at radius 3 is 2.42 bits per heavy atom. The lowest BCUT2D eigenvalue weighted by molar-refractivity contribution is -0.145. The quantitative estimate of drug-likeness (QED) is 0.336. The first-order valence-corrected chi connectivity index (χ1v) is 15.2. The van der Waals surface area contributed by atoms with Crippen molar-refractivity contribution in [3.63, 3.8) is 0 Å². The molecule has 1 aliphatic rings. The van der Waals surface area contributed by atoms with E-state index < -0.39 is 11.7 Å². The highest BCUT2D eigenvalue weighted by Gasteiger charge is 2.28. The van der Waals surface area contributed by atoms with Gasteiger partial charge in [-0.1, -0.05) is 41.1 Å². The van der Waals surface area contributed by atoms with E-state index in [0.717, 1.165) is 5.56 Å². The van der Waals surface area contributed by atoms with Gasteiger partial charge in [0, 0.05) is 57.9 Å². The summed E-state index contributed by atoms with van der Waals surface area (Å²) in [5.74, 6) is 0.424. The smallest absolute Gasteiger partial charge is 0.410 e. The summed E-state index contributed by atoms with van der Waals surface area (Å²) >= 11 is 0. The Labute approximate surface area is 265 Å². The highest BCUT2D eigenvalue weighted by Crippen LogP contribution is 2.28. The van der Waals surface area contributed by atoms with E-state index >= 15 is 0 Å². The number of anilines is 1. The molecule has 2 aromatic carbocycles. The number of benzene rings is 2. The van der Waals surface area contributed by atoms with Crippen molar-refractivity contribution in [2.75, 3.05) is 44.7 Å². The van der Waals surface area contributed by atoms with E-state index in [1.165, 1.54) is 21.6 Å². The van der Waals surface area contributed by atoms with Crippen LogP contribution in [0.1, 0.15) is 55.8 Å². The largest absolute Gasteiger partial charge is 0.444 e. The number of rotatable bonds is 11. The third-order valence-corrected chi connectivity index (χ3v) is 7.59. The second kappa shape index (κ2) is 14.1. The van der Waals surface area contributed by atoms with Crippen molar-refractivity contribution in [1.29, 1.82) is 0 Å². The molecule has 0 fully saturated rings. The summed E-state index contributed by atoms with van der Waals surface area (Å²) in [5, 5.41) is 10.6. The minimum absolute atomic E-state index is 0.0373. The second-order valence-corrected chi connectivity index (χ2v) is 12.4. The normalized spacial score (nSPS) is 12.9. The van der Waals surface area contributed by atoms with Gasteiger partial charge in [-0.25, -0.2) is 9.80 Å². The molecule has 4 rings (SSSR count). The predicted octanol–water partition coefficient (Wildman–Crippen LogP) is 4.23. The van der Waals surface area contributed by atoms with Crippen LogP contribution in [0.25, 0.3) is 11.4 Å². The van der Waals surface area contributed by atoms with Crippen molar-refractivity contribution in [3.8, 4) is 11.4 Å². The molecule has 12 heteroatoms. The number of amides is 3. The first-order chi connectivity index (χ1) is 21.2. The summed E-state index contributed by atoms with van der Waals surface area (Å²) in [7, 11) is 1.76. The zero-order valence-electron chi connectivity index (χ0n) is 27.6. The van der Waals surface area contributed by atoms with Gasteiger partial charge in [-0.05, 0) is 64.3 Å². The summed E-state index contributed by atoms with van der Waals surface area (Å²) in [5.41, 5.74) is 5.27. The number of nitrogens with zero attached hydrogens (tertiary/aromatic N) is 6. The van der Waals surface area contributed by atoms with E-state index in [-0.39, 0.29) is 31.4 Å². The molecule has 1 N–H and O–H groups in total. The summed E-state index contributed by atoms with van der Waals surface area (Å²) < 4.78 is 10.6. The van der Waals surface area contributed by atoms with Crippen molar-refractivity contribution in [1.82, 2.24) is 30.4 Å². The van der Waals surface area contributed by atoms with Crippen LogP contribution in [0.2, 0.25) is 0 Å². The van der Waals surface area contributed by atoms with E-state index in [1.807, 2.05) is 57.8 Å². The minimum atomic E-state index is -0.614. The topological polar surface area (TPSA) is 124 Å².